The fraction of sp³-hybridized carbons (Fsp3) is 0.714. The number of carbonyl (C=O) groups is 1. The van der Waals surface area contributed by atoms with Gasteiger partial charge in [-0.3, -0.25) is 0 Å². The first-order chi connectivity index (χ1) is 4.83. The van der Waals surface area contributed by atoms with Crippen molar-refractivity contribution in [2.45, 2.75) is 33.3 Å². The molecule has 0 aromatic heterocycles. The molecule has 0 aliphatic rings. The predicted molar refractivity (Wildman–Crippen MR) is 41.6 cm³/mol. The SMILES string of the molecule is CC(=NOC(C)(C)C)C(=O)O. The van der Waals surface area contributed by atoms with Crippen molar-refractivity contribution in [2.24, 2.45) is 5.16 Å². The lowest BCUT2D eigenvalue weighted by atomic mass is 10.2. The Morgan fingerprint density at radius 1 is 1.45 bits per heavy atom. The molecule has 0 rings (SSSR count). The molecule has 0 aromatic carbocycles. The molecule has 0 heterocycles. The van der Waals surface area contributed by atoms with Gasteiger partial charge in [-0.15, -0.1) is 0 Å². The minimum Gasteiger partial charge on any atom is -0.477 e. The fourth-order valence-electron chi connectivity index (χ4n) is 0.244. The zero-order valence-electron chi connectivity index (χ0n) is 7.21. The van der Waals surface area contributed by atoms with Crippen molar-refractivity contribution in [1.82, 2.24) is 0 Å². The Morgan fingerprint density at radius 2 is 1.91 bits per heavy atom. The summed E-state index contributed by atoms with van der Waals surface area (Å²) >= 11 is 0. The molecule has 1 N–H and O–H groups in total. The summed E-state index contributed by atoms with van der Waals surface area (Å²) in [6.45, 7) is 6.77. The molecular weight excluding hydrogens is 146 g/mol. The number of hydrogen-bond donors (Lipinski definition) is 1. The third-order valence-electron chi connectivity index (χ3n) is 0.766. The summed E-state index contributed by atoms with van der Waals surface area (Å²) < 4.78 is 0. The molecule has 0 aliphatic heterocycles. The Morgan fingerprint density at radius 3 is 2.18 bits per heavy atom. The molecule has 0 amide bonds. The first-order valence-corrected chi connectivity index (χ1v) is 3.29. The Kier molecular flexibility index (Phi) is 3.04. The zero-order chi connectivity index (χ0) is 9.07. The molecule has 4 heteroatoms. The lowest BCUT2D eigenvalue weighted by Crippen LogP contribution is -2.18. The molecule has 11 heavy (non-hydrogen) atoms. The van der Waals surface area contributed by atoms with E-state index in [1.807, 2.05) is 0 Å². The first kappa shape index (κ1) is 9.94. The molecular formula is C7H13NO3. The Balaban J connectivity index is 4.04. The molecule has 0 radical (unpaired) electrons. The molecule has 0 aliphatic carbocycles. The van der Waals surface area contributed by atoms with Crippen molar-refractivity contribution in [2.75, 3.05) is 0 Å². The van der Waals surface area contributed by atoms with E-state index in [4.69, 9.17) is 9.94 Å². The van der Waals surface area contributed by atoms with Crippen molar-refractivity contribution in [3.8, 4) is 0 Å². The van der Waals surface area contributed by atoms with Gasteiger partial charge in [0.1, 0.15) is 5.60 Å². The Labute approximate surface area is 65.8 Å². The van der Waals surface area contributed by atoms with E-state index in [9.17, 15) is 4.79 Å². The van der Waals surface area contributed by atoms with Crippen LogP contribution in [0.2, 0.25) is 0 Å². The van der Waals surface area contributed by atoms with Crippen molar-refractivity contribution in [3.63, 3.8) is 0 Å². The van der Waals surface area contributed by atoms with Crippen LogP contribution in [0.3, 0.4) is 0 Å². The molecule has 0 bridgehead atoms. The molecule has 0 saturated carbocycles. The van der Waals surface area contributed by atoms with E-state index in [-0.39, 0.29) is 5.71 Å². The highest BCUT2D eigenvalue weighted by Crippen LogP contribution is 2.06. The number of carboxylic acid groups (broad SMARTS) is 1. The van der Waals surface area contributed by atoms with Crippen LogP contribution in [-0.4, -0.2) is 22.4 Å². The number of nitrogens with zero attached hydrogens (tertiary/aromatic N) is 1. The summed E-state index contributed by atoms with van der Waals surface area (Å²) in [4.78, 5) is 15.1. The highest BCUT2D eigenvalue weighted by atomic mass is 16.6. The minimum atomic E-state index is -1.06. The lowest BCUT2D eigenvalue weighted by Gasteiger charge is -2.15. The molecule has 4 nitrogen and oxygen atoms in total. The summed E-state index contributed by atoms with van der Waals surface area (Å²) in [6.07, 6.45) is 0. The van der Waals surface area contributed by atoms with Crippen LogP contribution < -0.4 is 0 Å². The number of hydrogen-bond acceptors (Lipinski definition) is 3. The van der Waals surface area contributed by atoms with Crippen molar-refractivity contribution >= 4 is 11.7 Å². The maximum absolute atomic E-state index is 10.2. The molecule has 64 valence electrons. The second-order valence-electron chi connectivity index (χ2n) is 3.19. The maximum atomic E-state index is 10.2. The number of oxime groups is 1. The molecule has 0 saturated heterocycles. The smallest absolute Gasteiger partial charge is 0.353 e. The Hall–Kier alpha value is -1.06. The van der Waals surface area contributed by atoms with Gasteiger partial charge in [-0.1, -0.05) is 5.16 Å². The molecule has 0 aromatic rings. The number of carboxylic acids is 1. The van der Waals surface area contributed by atoms with Crippen LogP contribution in [-0.2, 0) is 9.63 Å². The normalized spacial score (nSPS) is 12.9. The van der Waals surface area contributed by atoms with E-state index in [1.54, 1.807) is 20.8 Å². The van der Waals surface area contributed by atoms with Crippen LogP contribution in [0.4, 0.5) is 0 Å². The largest absolute Gasteiger partial charge is 0.477 e. The van der Waals surface area contributed by atoms with Crippen LogP contribution in [0.5, 0.6) is 0 Å². The standard InChI is InChI=1S/C7H13NO3/c1-5(6(9)10)8-11-7(2,3)4/h1-4H3,(H,9,10). The average Bonchev–Trinajstić information content (AvgIpc) is 1.80. The fourth-order valence-corrected chi connectivity index (χ4v) is 0.244. The van der Waals surface area contributed by atoms with Gasteiger partial charge in [0.2, 0.25) is 0 Å². The summed E-state index contributed by atoms with van der Waals surface area (Å²) in [5.41, 5.74) is -0.476. The van der Waals surface area contributed by atoms with E-state index < -0.39 is 11.6 Å². The van der Waals surface area contributed by atoms with E-state index >= 15 is 0 Å². The summed E-state index contributed by atoms with van der Waals surface area (Å²) in [6, 6.07) is 0. The summed E-state index contributed by atoms with van der Waals surface area (Å²) in [5.74, 6) is -1.06. The Bertz CT molecular complexity index is 179. The monoisotopic (exact) mass is 159 g/mol. The van der Waals surface area contributed by atoms with Gasteiger partial charge in [-0.2, -0.15) is 0 Å². The van der Waals surface area contributed by atoms with Crippen molar-refractivity contribution < 1.29 is 14.7 Å². The van der Waals surface area contributed by atoms with Crippen LogP contribution >= 0.6 is 0 Å². The highest BCUT2D eigenvalue weighted by molar-refractivity contribution is 6.34. The predicted octanol–water partition coefficient (Wildman–Crippen LogP) is 1.26. The third kappa shape index (κ3) is 5.39. The lowest BCUT2D eigenvalue weighted by molar-refractivity contribution is -0.129. The van der Waals surface area contributed by atoms with Gasteiger partial charge in [0.15, 0.2) is 5.71 Å². The number of rotatable bonds is 2. The van der Waals surface area contributed by atoms with E-state index in [0.29, 0.717) is 0 Å². The molecule has 0 spiro atoms. The van der Waals surface area contributed by atoms with Crippen LogP contribution in [0.15, 0.2) is 5.16 Å². The topological polar surface area (TPSA) is 58.9 Å². The second kappa shape index (κ2) is 3.37. The molecule has 0 fully saturated rings. The second-order valence-corrected chi connectivity index (χ2v) is 3.19. The third-order valence-corrected chi connectivity index (χ3v) is 0.766. The average molecular weight is 159 g/mol. The quantitative estimate of drug-likeness (QED) is 0.487. The highest BCUT2D eigenvalue weighted by Gasteiger charge is 2.11. The summed E-state index contributed by atoms with van der Waals surface area (Å²) in [7, 11) is 0. The van der Waals surface area contributed by atoms with Gasteiger partial charge < -0.3 is 9.94 Å². The van der Waals surface area contributed by atoms with Gasteiger partial charge in [0.05, 0.1) is 0 Å². The van der Waals surface area contributed by atoms with Crippen molar-refractivity contribution in [1.29, 1.82) is 0 Å². The minimum absolute atomic E-state index is 0.0417. The molecule has 0 atom stereocenters. The first-order valence-electron chi connectivity index (χ1n) is 3.29. The van der Waals surface area contributed by atoms with Gasteiger partial charge in [-0.25, -0.2) is 4.79 Å². The van der Waals surface area contributed by atoms with Crippen LogP contribution in [0.25, 0.3) is 0 Å². The maximum Gasteiger partial charge on any atom is 0.353 e. The number of aliphatic carboxylic acids is 1. The summed E-state index contributed by atoms with van der Waals surface area (Å²) in [5, 5.41) is 11.8. The van der Waals surface area contributed by atoms with Gasteiger partial charge in [0, 0.05) is 0 Å². The van der Waals surface area contributed by atoms with Crippen LogP contribution in [0.1, 0.15) is 27.7 Å². The van der Waals surface area contributed by atoms with E-state index in [1.165, 1.54) is 6.92 Å². The van der Waals surface area contributed by atoms with Gasteiger partial charge in [0.25, 0.3) is 0 Å². The van der Waals surface area contributed by atoms with E-state index in [2.05, 4.69) is 5.16 Å². The van der Waals surface area contributed by atoms with Crippen molar-refractivity contribution in [3.05, 3.63) is 0 Å². The zero-order valence-corrected chi connectivity index (χ0v) is 7.21. The van der Waals surface area contributed by atoms with Gasteiger partial charge in [-0.05, 0) is 27.7 Å². The van der Waals surface area contributed by atoms with Crippen LogP contribution in [0, 0.1) is 0 Å². The van der Waals surface area contributed by atoms with E-state index in [0.717, 1.165) is 0 Å². The molecule has 0 unspecified atom stereocenters. The van der Waals surface area contributed by atoms with Gasteiger partial charge >= 0.3 is 5.97 Å².